The third kappa shape index (κ3) is 3.53. The number of sulfonamides is 1. The van der Waals surface area contributed by atoms with Crippen LogP contribution in [0.1, 0.15) is 44.7 Å². The maximum Gasteiger partial charge on any atom is 0.243 e. The molecule has 1 saturated heterocycles. The Morgan fingerprint density at radius 3 is 2.27 bits per heavy atom. The van der Waals surface area contributed by atoms with Crippen molar-refractivity contribution >= 4 is 10.0 Å². The number of nitrogens with two attached hydrogens (primary N) is 1. The molecule has 4 nitrogen and oxygen atoms in total. The van der Waals surface area contributed by atoms with Gasteiger partial charge in [0, 0.05) is 19.1 Å². The first-order valence-electron chi connectivity index (χ1n) is 8.27. The first-order chi connectivity index (χ1) is 10.4. The Bertz CT molecular complexity index is 603. The van der Waals surface area contributed by atoms with Gasteiger partial charge in [-0.15, -0.1) is 0 Å². The van der Waals surface area contributed by atoms with E-state index >= 15 is 0 Å². The van der Waals surface area contributed by atoms with Crippen molar-refractivity contribution in [1.29, 1.82) is 0 Å². The van der Waals surface area contributed by atoms with Gasteiger partial charge >= 0.3 is 0 Å². The molecule has 5 heteroatoms. The highest BCUT2D eigenvalue weighted by atomic mass is 32.2. The number of piperidine rings is 1. The summed E-state index contributed by atoms with van der Waals surface area (Å²) in [5.74, 6) is 0.431. The number of hydrogen-bond donors (Lipinski definition) is 1. The lowest BCUT2D eigenvalue weighted by atomic mass is 9.92. The smallest absolute Gasteiger partial charge is 0.243 e. The summed E-state index contributed by atoms with van der Waals surface area (Å²) in [5, 5.41) is 0. The maximum absolute atomic E-state index is 12.8. The lowest BCUT2D eigenvalue weighted by Crippen LogP contribution is -2.42. The molecule has 124 valence electrons. The predicted molar refractivity (Wildman–Crippen MR) is 90.3 cm³/mol. The molecule has 2 rings (SSSR count). The van der Waals surface area contributed by atoms with Gasteiger partial charge in [-0.1, -0.05) is 19.9 Å². The van der Waals surface area contributed by atoms with Gasteiger partial charge in [0.15, 0.2) is 0 Å². The van der Waals surface area contributed by atoms with Crippen molar-refractivity contribution in [2.24, 2.45) is 11.7 Å². The lowest BCUT2D eigenvalue weighted by Gasteiger charge is -2.33. The number of rotatable bonds is 5. The van der Waals surface area contributed by atoms with Gasteiger partial charge in [-0.25, -0.2) is 8.42 Å². The number of benzene rings is 1. The van der Waals surface area contributed by atoms with E-state index in [0.717, 1.165) is 31.2 Å². The minimum atomic E-state index is -3.38. The van der Waals surface area contributed by atoms with Crippen LogP contribution in [0.3, 0.4) is 0 Å². The third-order valence-electron chi connectivity index (χ3n) is 4.82. The standard InChI is InChI=1S/C17H28N2O2S/c1-4-14-6-7-17(12-15(14)5-2)22(20,21)19-10-8-16(9-11-19)13(3)18/h6-7,12-13,16H,4-5,8-11,18H2,1-3H3. The van der Waals surface area contributed by atoms with Crippen LogP contribution in [0.25, 0.3) is 0 Å². The Balaban J connectivity index is 2.21. The number of hydrogen-bond acceptors (Lipinski definition) is 3. The van der Waals surface area contributed by atoms with Gasteiger partial charge in [0.25, 0.3) is 0 Å². The second-order valence-electron chi connectivity index (χ2n) is 6.24. The van der Waals surface area contributed by atoms with Gasteiger partial charge < -0.3 is 5.73 Å². The van der Waals surface area contributed by atoms with E-state index in [0.29, 0.717) is 23.9 Å². The van der Waals surface area contributed by atoms with Crippen molar-refractivity contribution in [3.63, 3.8) is 0 Å². The number of nitrogens with zero attached hydrogens (tertiary/aromatic N) is 1. The fourth-order valence-corrected chi connectivity index (χ4v) is 4.75. The minimum absolute atomic E-state index is 0.139. The average molecular weight is 324 g/mol. The fraction of sp³-hybridized carbons (Fsp3) is 0.647. The van der Waals surface area contributed by atoms with E-state index in [1.807, 2.05) is 19.1 Å². The van der Waals surface area contributed by atoms with Crippen molar-refractivity contribution in [2.45, 2.75) is 57.4 Å². The van der Waals surface area contributed by atoms with Crippen molar-refractivity contribution in [1.82, 2.24) is 4.31 Å². The van der Waals surface area contributed by atoms with Crippen LogP contribution in [0.15, 0.2) is 23.1 Å². The zero-order chi connectivity index (χ0) is 16.3. The summed E-state index contributed by atoms with van der Waals surface area (Å²) >= 11 is 0. The first kappa shape index (κ1) is 17.4. The molecule has 1 aliphatic heterocycles. The molecule has 1 aliphatic rings. The van der Waals surface area contributed by atoms with Crippen LogP contribution in [-0.2, 0) is 22.9 Å². The van der Waals surface area contributed by atoms with Gasteiger partial charge in [-0.05, 0) is 61.8 Å². The van der Waals surface area contributed by atoms with Gasteiger partial charge in [0.2, 0.25) is 10.0 Å². The van der Waals surface area contributed by atoms with Crippen LogP contribution in [0, 0.1) is 5.92 Å². The van der Waals surface area contributed by atoms with E-state index in [1.54, 1.807) is 10.4 Å². The molecule has 0 radical (unpaired) electrons. The van der Waals surface area contributed by atoms with E-state index < -0.39 is 10.0 Å². The quantitative estimate of drug-likeness (QED) is 0.905. The molecule has 1 aromatic carbocycles. The summed E-state index contributed by atoms with van der Waals surface area (Å²) in [6.45, 7) is 7.32. The van der Waals surface area contributed by atoms with Gasteiger partial charge in [-0.2, -0.15) is 4.31 Å². The van der Waals surface area contributed by atoms with Crippen molar-refractivity contribution in [3.8, 4) is 0 Å². The van der Waals surface area contributed by atoms with Gasteiger partial charge in [0.05, 0.1) is 4.90 Å². The van der Waals surface area contributed by atoms with Crippen molar-refractivity contribution in [2.75, 3.05) is 13.1 Å². The molecule has 1 fully saturated rings. The number of aryl methyl sites for hydroxylation is 2. The summed E-state index contributed by atoms with van der Waals surface area (Å²) in [6, 6.07) is 5.71. The van der Waals surface area contributed by atoms with Crippen LogP contribution in [0.4, 0.5) is 0 Å². The summed E-state index contributed by atoms with van der Waals surface area (Å²) in [7, 11) is -3.38. The highest BCUT2D eigenvalue weighted by molar-refractivity contribution is 7.89. The van der Waals surface area contributed by atoms with Crippen LogP contribution >= 0.6 is 0 Å². The lowest BCUT2D eigenvalue weighted by molar-refractivity contribution is 0.250. The van der Waals surface area contributed by atoms with E-state index in [9.17, 15) is 8.42 Å². The molecular weight excluding hydrogens is 296 g/mol. The monoisotopic (exact) mass is 324 g/mol. The second-order valence-corrected chi connectivity index (χ2v) is 8.18. The zero-order valence-corrected chi connectivity index (χ0v) is 14.7. The predicted octanol–water partition coefficient (Wildman–Crippen LogP) is 2.56. The minimum Gasteiger partial charge on any atom is -0.328 e. The van der Waals surface area contributed by atoms with Crippen LogP contribution in [0.5, 0.6) is 0 Å². The summed E-state index contributed by atoms with van der Waals surface area (Å²) in [4.78, 5) is 0.431. The summed E-state index contributed by atoms with van der Waals surface area (Å²) in [6.07, 6.45) is 3.50. The molecule has 2 N–H and O–H groups in total. The van der Waals surface area contributed by atoms with E-state index in [1.165, 1.54) is 5.56 Å². The molecule has 1 atom stereocenters. The SMILES string of the molecule is CCc1ccc(S(=O)(=O)N2CCC(C(C)N)CC2)cc1CC. The van der Waals surface area contributed by atoms with Crippen LogP contribution < -0.4 is 5.73 Å². The van der Waals surface area contributed by atoms with E-state index in [2.05, 4.69) is 13.8 Å². The van der Waals surface area contributed by atoms with E-state index in [4.69, 9.17) is 5.73 Å². The molecule has 0 aromatic heterocycles. The Morgan fingerprint density at radius 2 is 1.77 bits per heavy atom. The summed E-state index contributed by atoms with van der Waals surface area (Å²) < 4.78 is 27.3. The second kappa shape index (κ2) is 7.11. The van der Waals surface area contributed by atoms with Gasteiger partial charge in [-0.3, -0.25) is 0 Å². The molecule has 0 amide bonds. The molecule has 1 unspecified atom stereocenters. The van der Waals surface area contributed by atoms with Crippen LogP contribution in [-0.4, -0.2) is 31.9 Å². The Morgan fingerprint density at radius 1 is 1.18 bits per heavy atom. The molecule has 0 bridgehead atoms. The normalized spacial score (nSPS) is 19.3. The highest BCUT2D eigenvalue weighted by Gasteiger charge is 2.30. The van der Waals surface area contributed by atoms with Crippen molar-refractivity contribution < 1.29 is 8.42 Å². The maximum atomic E-state index is 12.8. The molecular formula is C17H28N2O2S. The molecule has 0 saturated carbocycles. The molecule has 1 heterocycles. The van der Waals surface area contributed by atoms with Crippen LogP contribution in [0.2, 0.25) is 0 Å². The molecule has 22 heavy (non-hydrogen) atoms. The highest BCUT2D eigenvalue weighted by Crippen LogP contribution is 2.26. The Labute approximate surface area is 134 Å². The first-order valence-corrected chi connectivity index (χ1v) is 9.71. The Kier molecular flexibility index (Phi) is 5.64. The zero-order valence-electron chi connectivity index (χ0n) is 13.9. The van der Waals surface area contributed by atoms with Crippen molar-refractivity contribution in [3.05, 3.63) is 29.3 Å². The largest absolute Gasteiger partial charge is 0.328 e. The van der Waals surface area contributed by atoms with Gasteiger partial charge in [0.1, 0.15) is 0 Å². The fourth-order valence-electron chi connectivity index (χ4n) is 3.23. The van der Waals surface area contributed by atoms with E-state index in [-0.39, 0.29) is 6.04 Å². The molecule has 0 spiro atoms. The Hall–Kier alpha value is -0.910. The molecule has 1 aromatic rings. The summed E-state index contributed by atoms with van der Waals surface area (Å²) in [5.41, 5.74) is 8.30. The molecule has 0 aliphatic carbocycles. The topological polar surface area (TPSA) is 63.4 Å². The average Bonchev–Trinajstić information content (AvgIpc) is 2.54. The third-order valence-corrected chi connectivity index (χ3v) is 6.71.